The molecular weight excluding hydrogens is 172 g/mol. The Morgan fingerprint density at radius 3 is 2.85 bits per heavy atom. The lowest BCUT2D eigenvalue weighted by atomic mass is 9.80. The van der Waals surface area contributed by atoms with Crippen molar-refractivity contribution in [3.63, 3.8) is 0 Å². The average molecular weight is 184 g/mol. The molecule has 0 unspecified atom stereocenters. The maximum atomic E-state index is 11.3. The molecule has 3 fully saturated rings. The van der Waals surface area contributed by atoms with E-state index in [0.717, 1.165) is 0 Å². The summed E-state index contributed by atoms with van der Waals surface area (Å²) in [6.07, 6.45) is -0.365. The molecule has 4 heteroatoms. The van der Waals surface area contributed by atoms with Gasteiger partial charge in [-0.3, -0.25) is 4.79 Å². The molecule has 1 aliphatic heterocycles. The number of cyclic esters (lactones) is 1. The number of ether oxygens (including phenoxy) is 1. The van der Waals surface area contributed by atoms with Crippen LogP contribution in [0.4, 0.5) is 0 Å². The molecule has 0 amide bonds. The fourth-order valence-electron chi connectivity index (χ4n) is 3.38. The van der Waals surface area contributed by atoms with Crippen LogP contribution in [0.5, 0.6) is 0 Å². The maximum absolute atomic E-state index is 11.3. The Hall–Kier alpha value is -0.610. The van der Waals surface area contributed by atoms with E-state index in [0.29, 0.717) is 13.0 Å². The number of aliphatic hydroxyl groups is 2. The van der Waals surface area contributed by atoms with Crippen molar-refractivity contribution in [2.75, 3.05) is 6.61 Å². The molecule has 2 aliphatic carbocycles. The van der Waals surface area contributed by atoms with Crippen molar-refractivity contribution in [3.8, 4) is 0 Å². The Labute approximate surface area is 75.5 Å². The predicted octanol–water partition coefficient (Wildman–Crippen LogP) is -0.853. The third-order valence-corrected chi connectivity index (χ3v) is 3.90. The van der Waals surface area contributed by atoms with Crippen molar-refractivity contribution in [2.24, 2.45) is 23.7 Å². The quantitative estimate of drug-likeness (QED) is 0.481. The number of aliphatic hydroxyl groups excluding tert-OH is 2. The molecule has 0 aromatic rings. The first-order chi connectivity index (χ1) is 6.20. The van der Waals surface area contributed by atoms with Gasteiger partial charge in [0.2, 0.25) is 0 Å². The molecule has 2 bridgehead atoms. The van der Waals surface area contributed by atoms with Gasteiger partial charge in [0.1, 0.15) is 0 Å². The smallest absolute Gasteiger partial charge is 0.309 e. The van der Waals surface area contributed by atoms with E-state index in [1.807, 2.05) is 0 Å². The monoisotopic (exact) mass is 184 g/mol. The van der Waals surface area contributed by atoms with Gasteiger partial charge in [0.05, 0.1) is 24.7 Å². The van der Waals surface area contributed by atoms with Gasteiger partial charge in [0, 0.05) is 17.8 Å². The molecule has 0 spiro atoms. The van der Waals surface area contributed by atoms with Gasteiger partial charge in [-0.1, -0.05) is 0 Å². The number of rotatable bonds is 0. The van der Waals surface area contributed by atoms with Crippen LogP contribution in [0, 0.1) is 23.7 Å². The first kappa shape index (κ1) is 7.76. The number of esters is 1. The minimum atomic E-state index is -0.488. The molecule has 13 heavy (non-hydrogen) atoms. The topological polar surface area (TPSA) is 66.8 Å². The van der Waals surface area contributed by atoms with Gasteiger partial charge in [-0.25, -0.2) is 0 Å². The van der Waals surface area contributed by atoms with Crippen LogP contribution < -0.4 is 0 Å². The van der Waals surface area contributed by atoms with Gasteiger partial charge >= 0.3 is 5.97 Å². The summed E-state index contributed by atoms with van der Waals surface area (Å²) in [4.78, 5) is 11.3. The molecule has 4 nitrogen and oxygen atoms in total. The standard InChI is InChI=1S/C9H12O4/c10-5-1-3-6-4(2-13-9(6)12)7(5)8(3)11/h3-8,10-11H,1-2H2/t3-,4+,5+,6+,7-,8-/m0/s1. The zero-order valence-corrected chi connectivity index (χ0v) is 7.09. The highest BCUT2D eigenvalue weighted by Crippen LogP contribution is 2.55. The van der Waals surface area contributed by atoms with Crippen LogP contribution in [-0.2, 0) is 9.53 Å². The van der Waals surface area contributed by atoms with E-state index in [9.17, 15) is 15.0 Å². The number of carbonyl (C=O) groups is 1. The lowest BCUT2D eigenvalue weighted by molar-refractivity contribution is -0.143. The van der Waals surface area contributed by atoms with Crippen LogP contribution >= 0.6 is 0 Å². The van der Waals surface area contributed by atoms with Gasteiger partial charge in [0.15, 0.2) is 0 Å². The van der Waals surface area contributed by atoms with Gasteiger partial charge in [0.25, 0.3) is 0 Å². The van der Waals surface area contributed by atoms with E-state index in [-0.39, 0.29) is 29.6 Å². The molecule has 2 saturated carbocycles. The highest BCUT2D eigenvalue weighted by molar-refractivity contribution is 5.76. The third kappa shape index (κ3) is 0.758. The zero-order valence-electron chi connectivity index (χ0n) is 7.09. The van der Waals surface area contributed by atoms with Gasteiger partial charge < -0.3 is 14.9 Å². The van der Waals surface area contributed by atoms with Crippen LogP contribution in [0.1, 0.15) is 6.42 Å². The Morgan fingerprint density at radius 2 is 2.08 bits per heavy atom. The summed E-state index contributed by atoms with van der Waals surface area (Å²) in [5, 5.41) is 19.4. The van der Waals surface area contributed by atoms with E-state index in [4.69, 9.17) is 4.74 Å². The van der Waals surface area contributed by atoms with Crippen molar-refractivity contribution < 1.29 is 19.7 Å². The van der Waals surface area contributed by atoms with E-state index in [2.05, 4.69) is 0 Å². The number of hydrogen-bond donors (Lipinski definition) is 2. The number of hydrogen-bond acceptors (Lipinski definition) is 4. The van der Waals surface area contributed by atoms with E-state index < -0.39 is 12.2 Å². The summed E-state index contributed by atoms with van der Waals surface area (Å²) in [6, 6.07) is 0. The molecule has 3 aliphatic rings. The number of fused-ring (bicyclic) bond motifs is 5. The summed E-state index contributed by atoms with van der Waals surface area (Å²) in [5.74, 6) is -0.426. The first-order valence-corrected chi connectivity index (χ1v) is 4.73. The fraction of sp³-hybridized carbons (Fsp3) is 0.889. The van der Waals surface area contributed by atoms with Gasteiger partial charge in [-0.05, 0) is 6.42 Å². The van der Waals surface area contributed by atoms with Gasteiger partial charge in [-0.2, -0.15) is 0 Å². The SMILES string of the molecule is O=C1OC[C@@H]2[C@H]1[C@@H]1C[C@@H](O)[C@H]2[C@H]1O. The minimum Gasteiger partial charge on any atom is -0.465 e. The second-order valence-electron chi connectivity index (χ2n) is 4.35. The van der Waals surface area contributed by atoms with E-state index in [1.54, 1.807) is 0 Å². The number of carbonyl (C=O) groups excluding carboxylic acids is 1. The maximum Gasteiger partial charge on any atom is 0.309 e. The molecule has 1 heterocycles. The fourth-order valence-corrected chi connectivity index (χ4v) is 3.38. The Kier molecular flexibility index (Phi) is 1.34. The third-order valence-electron chi connectivity index (χ3n) is 3.90. The predicted molar refractivity (Wildman–Crippen MR) is 41.5 cm³/mol. The van der Waals surface area contributed by atoms with Crippen molar-refractivity contribution >= 4 is 5.97 Å². The second kappa shape index (κ2) is 2.25. The first-order valence-electron chi connectivity index (χ1n) is 4.73. The second-order valence-corrected chi connectivity index (χ2v) is 4.35. The summed E-state index contributed by atoms with van der Waals surface area (Å²) in [7, 11) is 0. The minimum absolute atomic E-state index is 0.0556. The Bertz CT molecular complexity index is 262. The summed E-state index contributed by atoms with van der Waals surface area (Å²) < 4.78 is 4.94. The Balaban J connectivity index is 1.98. The van der Waals surface area contributed by atoms with Crippen LogP contribution in [-0.4, -0.2) is 35.0 Å². The summed E-state index contributed by atoms with van der Waals surface area (Å²) in [5.41, 5.74) is 0. The highest BCUT2D eigenvalue weighted by Gasteiger charge is 2.63. The van der Waals surface area contributed by atoms with E-state index in [1.165, 1.54) is 0 Å². The lowest BCUT2D eigenvalue weighted by Gasteiger charge is -2.23. The van der Waals surface area contributed by atoms with Crippen molar-refractivity contribution in [1.29, 1.82) is 0 Å². The molecule has 1 saturated heterocycles. The molecule has 6 atom stereocenters. The molecule has 2 N–H and O–H groups in total. The van der Waals surface area contributed by atoms with Crippen LogP contribution in [0.15, 0.2) is 0 Å². The summed E-state index contributed by atoms with van der Waals surface area (Å²) >= 11 is 0. The molecule has 72 valence electrons. The Morgan fingerprint density at radius 1 is 1.31 bits per heavy atom. The van der Waals surface area contributed by atoms with E-state index >= 15 is 0 Å². The molecule has 3 rings (SSSR count). The van der Waals surface area contributed by atoms with Crippen LogP contribution in [0.25, 0.3) is 0 Å². The van der Waals surface area contributed by atoms with Crippen molar-refractivity contribution in [2.45, 2.75) is 18.6 Å². The van der Waals surface area contributed by atoms with Crippen LogP contribution in [0.2, 0.25) is 0 Å². The molecule has 0 radical (unpaired) electrons. The molecule has 0 aromatic carbocycles. The van der Waals surface area contributed by atoms with Crippen molar-refractivity contribution in [3.05, 3.63) is 0 Å². The normalized spacial score (nSPS) is 58.2. The average Bonchev–Trinajstić information content (AvgIpc) is 2.64. The molecular formula is C9H12O4. The van der Waals surface area contributed by atoms with Gasteiger partial charge in [-0.15, -0.1) is 0 Å². The lowest BCUT2D eigenvalue weighted by Crippen LogP contribution is -2.31. The van der Waals surface area contributed by atoms with Crippen molar-refractivity contribution in [1.82, 2.24) is 0 Å². The van der Waals surface area contributed by atoms with Crippen LogP contribution in [0.3, 0.4) is 0 Å². The summed E-state index contributed by atoms with van der Waals surface area (Å²) in [6.45, 7) is 0.388. The largest absolute Gasteiger partial charge is 0.465 e. The zero-order chi connectivity index (χ0) is 9.16. The molecule has 0 aromatic heterocycles. The highest BCUT2D eigenvalue weighted by atomic mass is 16.5.